The summed E-state index contributed by atoms with van der Waals surface area (Å²) in [6, 6.07) is 0. The summed E-state index contributed by atoms with van der Waals surface area (Å²) in [5.74, 6) is 2.41. The number of nitrogens with two attached hydrogens (primary N) is 1. The number of amidine groups is 2. The van der Waals surface area contributed by atoms with E-state index in [1.807, 2.05) is 14.1 Å². The van der Waals surface area contributed by atoms with Gasteiger partial charge >= 0.3 is 0 Å². The second-order valence-electron chi connectivity index (χ2n) is 4.60. The number of nitrogens with zero attached hydrogens (tertiary/aromatic N) is 4. The zero-order valence-corrected chi connectivity index (χ0v) is 14.4. The van der Waals surface area contributed by atoms with E-state index in [0.29, 0.717) is 12.4 Å². The largest absolute Gasteiger partial charge is 0.380 e. The maximum Gasteiger partial charge on any atom is 0.269 e. The van der Waals surface area contributed by atoms with Crippen molar-refractivity contribution in [1.29, 1.82) is 0 Å². The highest BCUT2D eigenvalue weighted by molar-refractivity contribution is 7.98. The number of hydrogen-bond acceptors (Lipinski definition) is 7. The molecule has 10 heteroatoms. The van der Waals surface area contributed by atoms with E-state index in [-0.39, 0.29) is 5.84 Å². The first-order valence-electron chi connectivity index (χ1n) is 6.29. The predicted molar refractivity (Wildman–Crippen MR) is 90.9 cm³/mol. The molecule has 2 rings (SSSR count). The molecule has 0 fully saturated rings. The molecule has 7 nitrogen and oxygen atoms in total. The molecule has 1 aromatic rings. The Morgan fingerprint density at radius 2 is 2.29 bits per heavy atom. The molecule has 1 unspecified atom stereocenters. The van der Waals surface area contributed by atoms with Crippen molar-refractivity contribution >= 4 is 45.9 Å². The Morgan fingerprint density at radius 3 is 2.95 bits per heavy atom. The first-order valence-corrected chi connectivity index (χ1v) is 9.39. The topological polar surface area (TPSA) is 96.0 Å². The first-order chi connectivity index (χ1) is 10.0. The van der Waals surface area contributed by atoms with Crippen molar-refractivity contribution in [3.8, 4) is 0 Å². The fraction of sp³-hybridized carbons (Fsp3) is 0.545. The lowest BCUT2D eigenvalue weighted by Gasteiger charge is -2.05. The maximum absolute atomic E-state index is 11.0. The summed E-state index contributed by atoms with van der Waals surface area (Å²) in [7, 11) is 4.07. The lowest BCUT2D eigenvalue weighted by molar-refractivity contribution is 0.401. The Bertz CT molecular complexity index is 568. The third-order valence-corrected chi connectivity index (χ3v) is 4.99. The van der Waals surface area contributed by atoms with Gasteiger partial charge in [-0.3, -0.25) is 0 Å². The van der Waals surface area contributed by atoms with Gasteiger partial charge in [-0.25, -0.2) is 9.19 Å². The molecule has 21 heavy (non-hydrogen) atoms. The monoisotopic (exact) mass is 346 g/mol. The van der Waals surface area contributed by atoms with Crippen LogP contribution in [-0.4, -0.2) is 52.2 Å². The minimum Gasteiger partial charge on any atom is -0.380 e. The number of nitrogens with one attached hydrogen (secondary N) is 1. The normalized spacial score (nSPS) is 18.0. The van der Waals surface area contributed by atoms with Gasteiger partial charge in [0.2, 0.25) is 0 Å². The maximum atomic E-state index is 11.0. The summed E-state index contributed by atoms with van der Waals surface area (Å²) >= 11 is 1.92. The van der Waals surface area contributed by atoms with Crippen molar-refractivity contribution < 1.29 is 4.21 Å². The van der Waals surface area contributed by atoms with Crippen LogP contribution in [0.15, 0.2) is 14.2 Å². The van der Waals surface area contributed by atoms with Gasteiger partial charge in [0.05, 0.1) is 5.69 Å². The summed E-state index contributed by atoms with van der Waals surface area (Å²) in [5.41, 5.74) is 6.68. The molecule has 1 atom stereocenters. The Labute approximate surface area is 134 Å². The van der Waals surface area contributed by atoms with E-state index in [4.69, 9.17) is 5.73 Å². The molecule has 0 aliphatic carbocycles. The van der Waals surface area contributed by atoms with Gasteiger partial charge < -0.3 is 16.0 Å². The predicted octanol–water partition coefficient (Wildman–Crippen LogP) is 0.375. The summed E-state index contributed by atoms with van der Waals surface area (Å²) in [6.45, 7) is 1.58. The molecule has 2 heterocycles. The van der Waals surface area contributed by atoms with Gasteiger partial charge in [-0.2, -0.15) is 11.8 Å². The van der Waals surface area contributed by atoms with Crippen LogP contribution in [0.2, 0.25) is 0 Å². The molecule has 1 aromatic heterocycles. The first kappa shape index (κ1) is 16.4. The highest BCUT2D eigenvalue weighted by Crippen LogP contribution is 2.16. The average Bonchev–Trinajstić information content (AvgIpc) is 2.95. The molecule has 0 bridgehead atoms. The molecule has 0 spiro atoms. The van der Waals surface area contributed by atoms with E-state index in [2.05, 4.69) is 29.4 Å². The SMILES string of the molecule is CN(C)Cc1nc(CSCCNC2=NS(=O)N=C2N)cs1. The van der Waals surface area contributed by atoms with Gasteiger partial charge in [-0.05, 0) is 14.1 Å². The van der Waals surface area contributed by atoms with Gasteiger partial charge in [-0.1, -0.05) is 0 Å². The van der Waals surface area contributed by atoms with Crippen LogP contribution >= 0.6 is 23.1 Å². The molecule has 0 aromatic carbocycles. The zero-order chi connectivity index (χ0) is 15.2. The third-order valence-electron chi connectivity index (χ3n) is 2.43. The Balaban J connectivity index is 1.64. The van der Waals surface area contributed by atoms with Gasteiger partial charge in [0.1, 0.15) is 5.01 Å². The highest BCUT2D eigenvalue weighted by Gasteiger charge is 2.14. The molecule has 1 aliphatic rings. The van der Waals surface area contributed by atoms with Crippen LogP contribution in [0.25, 0.3) is 0 Å². The van der Waals surface area contributed by atoms with Crippen LogP contribution in [0.5, 0.6) is 0 Å². The molecule has 0 radical (unpaired) electrons. The van der Waals surface area contributed by atoms with E-state index in [9.17, 15) is 4.21 Å². The van der Waals surface area contributed by atoms with Gasteiger partial charge in [0, 0.05) is 30.0 Å². The van der Waals surface area contributed by atoms with Crippen molar-refractivity contribution in [3.63, 3.8) is 0 Å². The van der Waals surface area contributed by atoms with Crippen molar-refractivity contribution in [2.24, 2.45) is 14.5 Å². The van der Waals surface area contributed by atoms with Crippen LogP contribution in [0.4, 0.5) is 0 Å². The highest BCUT2D eigenvalue weighted by atomic mass is 32.2. The van der Waals surface area contributed by atoms with Crippen LogP contribution < -0.4 is 11.1 Å². The molecule has 116 valence electrons. The molecule has 0 saturated heterocycles. The van der Waals surface area contributed by atoms with E-state index < -0.39 is 11.2 Å². The number of hydrogen-bond donors (Lipinski definition) is 2. The Hall–Kier alpha value is -0.970. The third kappa shape index (κ3) is 5.38. The molecular weight excluding hydrogens is 328 g/mol. The van der Waals surface area contributed by atoms with E-state index in [1.165, 1.54) is 0 Å². The van der Waals surface area contributed by atoms with Crippen molar-refractivity contribution in [2.45, 2.75) is 12.3 Å². The van der Waals surface area contributed by atoms with E-state index in [0.717, 1.165) is 28.8 Å². The lowest BCUT2D eigenvalue weighted by atomic mass is 10.5. The molecular formula is C11H18N6OS3. The van der Waals surface area contributed by atoms with Gasteiger partial charge in [-0.15, -0.1) is 20.1 Å². The Morgan fingerprint density at radius 1 is 1.48 bits per heavy atom. The number of aromatic nitrogens is 1. The zero-order valence-electron chi connectivity index (χ0n) is 11.9. The second-order valence-corrected chi connectivity index (χ2v) is 7.47. The number of rotatable bonds is 7. The molecule has 1 aliphatic heterocycles. The smallest absolute Gasteiger partial charge is 0.269 e. The molecule has 0 saturated carbocycles. The fourth-order valence-corrected chi connectivity index (χ4v) is 3.95. The van der Waals surface area contributed by atoms with Crippen molar-refractivity contribution in [3.05, 3.63) is 16.1 Å². The molecule has 3 N–H and O–H groups in total. The molecule has 0 amide bonds. The number of thiazole rings is 1. The van der Waals surface area contributed by atoms with Crippen LogP contribution in [0.3, 0.4) is 0 Å². The summed E-state index contributed by atoms with van der Waals surface area (Å²) in [4.78, 5) is 6.69. The van der Waals surface area contributed by atoms with E-state index >= 15 is 0 Å². The summed E-state index contributed by atoms with van der Waals surface area (Å²) < 4.78 is 18.4. The standard InChI is InChI=1S/C11H18N6OS3/c1-17(2)5-9-14-8(7-20-9)6-19-4-3-13-11-10(12)15-21(18)16-11/h7H,3-6H2,1-2H3,(H2,12,15)(H,13,16). The average molecular weight is 347 g/mol. The van der Waals surface area contributed by atoms with Crippen LogP contribution in [0.1, 0.15) is 10.7 Å². The second kappa shape index (κ2) is 7.87. The minimum atomic E-state index is -1.55. The lowest BCUT2D eigenvalue weighted by Crippen LogP contribution is -2.35. The minimum absolute atomic E-state index is 0.214. The van der Waals surface area contributed by atoms with Gasteiger partial charge in [0.15, 0.2) is 11.7 Å². The summed E-state index contributed by atoms with van der Waals surface area (Å²) in [6.07, 6.45) is 0. The van der Waals surface area contributed by atoms with E-state index in [1.54, 1.807) is 23.1 Å². The number of thioether (sulfide) groups is 1. The van der Waals surface area contributed by atoms with Crippen molar-refractivity contribution in [2.75, 3.05) is 26.4 Å². The quantitative estimate of drug-likeness (QED) is 0.693. The van der Waals surface area contributed by atoms with Crippen LogP contribution in [0, 0.1) is 0 Å². The fourth-order valence-electron chi connectivity index (χ4n) is 1.57. The van der Waals surface area contributed by atoms with Gasteiger partial charge in [0.25, 0.3) is 11.2 Å². The van der Waals surface area contributed by atoms with Crippen LogP contribution in [-0.2, 0) is 23.5 Å². The van der Waals surface area contributed by atoms with Crippen molar-refractivity contribution in [1.82, 2.24) is 15.2 Å². The summed E-state index contributed by atoms with van der Waals surface area (Å²) in [5, 5.41) is 6.28. The Kier molecular flexibility index (Phi) is 6.15.